The third kappa shape index (κ3) is 3.35. The molecule has 0 saturated heterocycles. The third-order valence-electron chi connectivity index (χ3n) is 2.39. The number of carboxylic acids is 1. The number of pyridine rings is 1. The molecule has 0 bridgehead atoms. The van der Waals surface area contributed by atoms with Crippen molar-refractivity contribution in [1.29, 1.82) is 0 Å². The largest absolute Gasteiger partial charge is 0.475 e. The first kappa shape index (κ1) is 13.6. The molecule has 0 radical (unpaired) electrons. The predicted octanol–water partition coefficient (Wildman–Crippen LogP) is 3.24. The van der Waals surface area contributed by atoms with Crippen LogP contribution < -0.4 is 9.47 Å². The molecule has 0 fully saturated rings. The number of ether oxygens (including phenoxy) is 2. The van der Waals surface area contributed by atoms with Crippen molar-refractivity contribution in [2.45, 2.75) is 6.92 Å². The Bertz CT molecular complexity index is 623. The molecule has 0 saturated carbocycles. The second-order valence-electron chi connectivity index (χ2n) is 3.78. The Hall–Kier alpha value is -2.82. The van der Waals surface area contributed by atoms with E-state index in [1.54, 1.807) is 55.6 Å². The van der Waals surface area contributed by atoms with Gasteiger partial charge in [-0.15, -0.1) is 0 Å². The minimum Gasteiger partial charge on any atom is -0.475 e. The molecule has 5 heteroatoms. The lowest BCUT2D eigenvalue weighted by Gasteiger charge is -2.11. The quantitative estimate of drug-likeness (QED) is 0.667. The van der Waals surface area contributed by atoms with Crippen LogP contribution in [0, 0.1) is 0 Å². The Kier molecular flexibility index (Phi) is 4.34. The first-order chi connectivity index (χ1) is 9.70. The van der Waals surface area contributed by atoms with Gasteiger partial charge in [-0.1, -0.05) is 18.2 Å². The second-order valence-corrected chi connectivity index (χ2v) is 3.78. The molecule has 0 amide bonds. The van der Waals surface area contributed by atoms with Crippen molar-refractivity contribution in [1.82, 2.24) is 4.98 Å². The summed E-state index contributed by atoms with van der Waals surface area (Å²) < 4.78 is 10.9. The molecule has 2 aromatic rings. The first-order valence-corrected chi connectivity index (χ1v) is 5.96. The van der Waals surface area contributed by atoms with Crippen LogP contribution in [0.25, 0.3) is 0 Å². The number of carboxylic acid groups (broad SMARTS) is 1. The number of benzene rings is 1. The lowest BCUT2D eigenvalue weighted by atomic mass is 10.3. The summed E-state index contributed by atoms with van der Waals surface area (Å²) in [6.45, 7) is 1.59. The smallest absolute Gasteiger partial charge is 0.371 e. The van der Waals surface area contributed by atoms with E-state index in [0.717, 1.165) is 0 Å². The number of hydrogen-bond acceptors (Lipinski definition) is 4. The van der Waals surface area contributed by atoms with E-state index >= 15 is 0 Å². The van der Waals surface area contributed by atoms with Gasteiger partial charge in [-0.05, 0) is 31.2 Å². The zero-order valence-corrected chi connectivity index (χ0v) is 10.8. The third-order valence-corrected chi connectivity index (χ3v) is 2.39. The van der Waals surface area contributed by atoms with Crippen LogP contribution in [0.5, 0.6) is 17.4 Å². The molecule has 1 N–H and O–H groups in total. The molecule has 5 nitrogen and oxygen atoms in total. The zero-order chi connectivity index (χ0) is 14.4. The van der Waals surface area contributed by atoms with Crippen LogP contribution in [0.2, 0.25) is 0 Å². The average molecular weight is 271 g/mol. The highest BCUT2D eigenvalue weighted by Crippen LogP contribution is 2.31. The highest BCUT2D eigenvalue weighted by Gasteiger charge is 2.13. The second kappa shape index (κ2) is 6.38. The molecule has 2 rings (SSSR count). The lowest BCUT2D eigenvalue weighted by molar-refractivity contribution is -0.135. The van der Waals surface area contributed by atoms with Crippen LogP contribution >= 0.6 is 0 Å². The summed E-state index contributed by atoms with van der Waals surface area (Å²) in [5.74, 6) is -0.191. The molecule has 0 spiro atoms. The summed E-state index contributed by atoms with van der Waals surface area (Å²) in [7, 11) is 0. The van der Waals surface area contributed by atoms with Gasteiger partial charge in [-0.25, -0.2) is 9.78 Å². The van der Waals surface area contributed by atoms with E-state index in [1.165, 1.54) is 6.08 Å². The van der Waals surface area contributed by atoms with E-state index in [1.807, 2.05) is 0 Å². The maximum Gasteiger partial charge on any atom is 0.371 e. The summed E-state index contributed by atoms with van der Waals surface area (Å²) in [5, 5.41) is 8.97. The summed E-state index contributed by atoms with van der Waals surface area (Å²) >= 11 is 0. The van der Waals surface area contributed by atoms with E-state index in [9.17, 15) is 4.79 Å². The summed E-state index contributed by atoms with van der Waals surface area (Å²) in [4.78, 5) is 15.0. The van der Waals surface area contributed by atoms with Crippen molar-refractivity contribution in [3.05, 3.63) is 60.5 Å². The molecule has 0 aliphatic heterocycles. The molecule has 1 aromatic carbocycles. The Morgan fingerprint density at radius 3 is 2.45 bits per heavy atom. The fourth-order valence-corrected chi connectivity index (χ4v) is 1.48. The summed E-state index contributed by atoms with van der Waals surface area (Å²) in [5.41, 5.74) is 0. The number of aromatic nitrogens is 1. The molecule has 1 aromatic heterocycles. The number of nitrogens with zero attached hydrogens (tertiary/aromatic N) is 1. The molecule has 0 aliphatic rings. The minimum absolute atomic E-state index is 0.165. The minimum atomic E-state index is -1.14. The van der Waals surface area contributed by atoms with Gasteiger partial charge in [0.25, 0.3) is 0 Å². The number of hydrogen-bond donors (Lipinski definition) is 1. The van der Waals surface area contributed by atoms with Gasteiger partial charge in [-0.3, -0.25) is 0 Å². The zero-order valence-electron chi connectivity index (χ0n) is 10.8. The maximum atomic E-state index is 11.0. The highest BCUT2D eigenvalue weighted by molar-refractivity contribution is 5.84. The number of aliphatic carboxylic acids is 1. The van der Waals surface area contributed by atoms with Crippen molar-refractivity contribution in [2.24, 2.45) is 0 Å². The van der Waals surface area contributed by atoms with Crippen LogP contribution in [0.1, 0.15) is 6.92 Å². The fraction of sp³-hybridized carbons (Fsp3) is 0.0667. The Labute approximate surface area is 116 Å². The number of carbonyl (C=O) groups is 1. The Balaban J connectivity index is 2.25. The lowest BCUT2D eigenvalue weighted by Crippen LogP contribution is -2.07. The van der Waals surface area contributed by atoms with Crippen LogP contribution in [0.3, 0.4) is 0 Å². The molecular formula is C15H13NO4. The van der Waals surface area contributed by atoms with Crippen molar-refractivity contribution in [3.8, 4) is 17.4 Å². The van der Waals surface area contributed by atoms with E-state index in [0.29, 0.717) is 17.4 Å². The van der Waals surface area contributed by atoms with Crippen LogP contribution in [0.4, 0.5) is 0 Å². The SMILES string of the molecule is C/C=C(\Oc1ccccc1Oc1ccccn1)C(=O)O. The maximum absolute atomic E-state index is 11.0. The molecule has 1 heterocycles. The Morgan fingerprint density at radius 2 is 1.85 bits per heavy atom. The molecule has 20 heavy (non-hydrogen) atoms. The van der Waals surface area contributed by atoms with Gasteiger partial charge < -0.3 is 14.6 Å². The molecular weight excluding hydrogens is 258 g/mol. The number of allylic oxidation sites excluding steroid dienone is 1. The van der Waals surface area contributed by atoms with Crippen molar-refractivity contribution >= 4 is 5.97 Å². The van der Waals surface area contributed by atoms with Gasteiger partial charge in [0.2, 0.25) is 11.6 Å². The predicted molar refractivity (Wildman–Crippen MR) is 72.8 cm³/mol. The van der Waals surface area contributed by atoms with E-state index in [-0.39, 0.29) is 5.76 Å². The van der Waals surface area contributed by atoms with Crippen LogP contribution in [0.15, 0.2) is 60.5 Å². The van der Waals surface area contributed by atoms with Crippen molar-refractivity contribution in [3.63, 3.8) is 0 Å². The normalized spacial score (nSPS) is 10.9. The van der Waals surface area contributed by atoms with E-state index in [2.05, 4.69) is 4.98 Å². The first-order valence-electron chi connectivity index (χ1n) is 5.96. The van der Waals surface area contributed by atoms with Crippen LogP contribution in [-0.4, -0.2) is 16.1 Å². The topological polar surface area (TPSA) is 68.7 Å². The van der Waals surface area contributed by atoms with E-state index < -0.39 is 5.97 Å². The van der Waals surface area contributed by atoms with Gasteiger partial charge in [0, 0.05) is 12.3 Å². The molecule has 0 atom stereocenters. The van der Waals surface area contributed by atoms with Gasteiger partial charge >= 0.3 is 5.97 Å². The standard InChI is InChI=1S/C15H13NO4/c1-2-11(15(17)18)19-12-7-3-4-8-13(12)20-14-9-5-6-10-16-14/h2-10H,1H3,(H,17,18)/b11-2-. The van der Waals surface area contributed by atoms with Gasteiger partial charge in [0.1, 0.15) is 0 Å². The summed E-state index contributed by atoms with van der Waals surface area (Å²) in [6, 6.07) is 12.1. The highest BCUT2D eigenvalue weighted by atomic mass is 16.5. The fourth-order valence-electron chi connectivity index (χ4n) is 1.48. The van der Waals surface area contributed by atoms with Gasteiger partial charge in [-0.2, -0.15) is 0 Å². The van der Waals surface area contributed by atoms with Gasteiger partial charge in [0.05, 0.1) is 0 Å². The molecule has 102 valence electrons. The average Bonchev–Trinajstić information content (AvgIpc) is 2.47. The number of rotatable bonds is 5. The molecule has 0 unspecified atom stereocenters. The van der Waals surface area contributed by atoms with Gasteiger partial charge in [0.15, 0.2) is 11.5 Å². The van der Waals surface area contributed by atoms with Crippen LogP contribution in [-0.2, 0) is 4.79 Å². The summed E-state index contributed by atoms with van der Waals surface area (Å²) in [6.07, 6.45) is 2.98. The Morgan fingerprint density at radius 1 is 1.15 bits per heavy atom. The van der Waals surface area contributed by atoms with E-state index in [4.69, 9.17) is 14.6 Å². The van der Waals surface area contributed by atoms with Crippen molar-refractivity contribution < 1.29 is 19.4 Å². The molecule has 0 aliphatic carbocycles. The monoisotopic (exact) mass is 271 g/mol. The van der Waals surface area contributed by atoms with Crippen molar-refractivity contribution in [2.75, 3.05) is 0 Å². The number of para-hydroxylation sites is 2.